The maximum Gasteiger partial charge on any atom is 0.254 e. The van der Waals surface area contributed by atoms with Gasteiger partial charge in [0.05, 0.1) is 31.1 Å². The molecule has 3 fully saturated rings. The lowest BCUT2D eigenvalue weighted by Gasteiger charge is -2.32. The number of benzene rings is 1. The molecule has 1 aromatic carbocycles. The standard InChI is InChI=1S/C36H40N6O3/c1-20-12-23-13-26(20)19-41(17-23)36(43)25-14-29-32(31(16-25)44-4)40(3)34(39-29)30-15-24-8-9-28(27-10-11-37-35(45-5)21(27)2)38-33(24)42(30)18-22-6-7-22/h8-11,14-16,20,22-23,26H,6-7,12-13,17-19H2,1-5H3/t20-,23?,26?/m0/s1. The molecule has 0 N–H and O–H groups in total. The molecular weight excluding hydrogens is 564 g/mol. The van der Waals surface area contributed by atoms with Crippen LogP contribution in [0.25, 0.3) is 44.8 Å². The number of fused-ring (bicyclic) bond motifs is 4. The van der Waals surface area contributed by atoms with Crippen molar-refractivity contribution in [2.75, 3.05) is 27.3 Å². The molecule has 5 aromatic rings. The van der Waals surface area contributed by atoms with Crippen LogP contribution in [0.15, 0.2) is 42.6 Å². The number of piperidine rings is 1. The molecule has 1 aliphatic heterocycles. The first-order chi connectivity index (χ1) is 21.8. The van der Waals surface area contributed by atoms with Gasteiger partial charge >= 0.3 is 0 Å². The quantitative estimate of drug-likeness (QED) is 0.211. The summed E-state index contributed by atoms with van der Waals surface area (Å²) < 4.78 is 15.8. The number of aromatic nitrogens is 5. The fraction of sp³-hybridized carbons (Fsp3) is 0.444. The minimum absolute atomic E-state index is 0.0776. The second kappa shape index (κ2) is 10.6. The van der Waals surface area contributed by atoms with Crippen LogP contribution in [0, 0.1) is 30.6 Å². The zero-order valence-electron chi connectivity index (χ0n) is 26.7. The highest BCUT2D eigenvalue weighted by molar-refractivity contribution is 6.00. The Morgan fingerprint density at radius 3 is 2.62 bits per heavy atom. The van der Waals surface area contributed by atoms with E-state index < -0.39 is 0 Å². The van der Waals surface area contributed by atoms with Gasteiger partial charge in [0.1, 0.15) is 16.9 Å². The number of pyridine rings is 2. The molecule has 0 spiro atoms. The zero-order chi connectivity index (χ0) is 31.0. The Morgan fingerprint density at radius 2 is 1.87 bits per heavy atom. The first-order valence-electron chi connectivity index (χ1n) is 16.2. The molecule has 2 aliphatic carbocycles. The van der Waals surface area contributed by atoms with Crippen molar-refractivity contribution in [1.29, 1.82) is 0 Å². The molecule has 9 heteroatoms. The largest absolute Gasteiger partial charge is 0.494 e. The van der Waals surface area contributed by atoms with Gasteiger partial charge in [0.25, 0.3) is 5.91 Å². The van der Waals surface area contributed by atoms with Crippen molar-refractivity contribution in [2.24, 2.45) is 30.7 Å². The monoisotopic (exact) mass is 604 g/mol. The smallest absolute Gasteiger partial charge is 0.254 e. The Kier molecular flexibility index (Phi) is 6.62. The van der Waals surface area contributed by atoms with Gasteiger partial charge in [0, 0.05) is 55.0 Å². The molecule has 1 amide bonds. The van der Waals surface area contributed by atoms with Crippen LogP contribution in [0.5, 0.6) is 11.6 Å². The predicted molar refractivity (Wildman–Crippen MR) is 175 cm³/mol. The van der Waals surface area contributed by atoms with E-state index in [-0.39, 0.29) is 5.91 Å². The number of carbonyl (C=O) groups is 1. The number of imidazole rings is 1. The Morgan fingerprint density at radius 1 is 1.02 bits per heavy atom. The zero-order valence-corrected chi connectivity index (χ0v) is 26.7. The van der Waals surface area contributed by atoms with Gasteiger partial charge in [0.15, 0.2) is 5.82 Å². The number of methoxy groups -OCH3 is 2. The normalized spacial score (nSPS) is 21.2. The van der Waals surface area contributed by atoms with E-state index in [9.17, 15) is 4.79 Å². The number of amides is 1. The lowest BCUT2D eigenvalue weighted by atomic mass is 9.95. The van der Waals surface area contributed by atoms with Crippen LogP contribution in [0.4, 0.5) is 0 Å². The molecule has 2 saturated carbocycles. The van der Waals surface area contributed by atoms with Crippen LogP contribution in [0.3, 0.4) is 0 Å². The summed E-state index contributed by atoms with van der Waals surface area (Å²) >= 11 is 0. The maximum atomic E-state index is 13.8. The van der Waals surface area contributed by atoms with Crippen LogP contribution in [-0.4, -0.2) is 62.2 Å². The van der Waals surface area contributed by atoms with Gasteiger partial charge in [-0.05, 0) is 92.7 Å². The van der Waals surface area contributed by atoms with E-state index in [0.29, 0.717) is 40.9 Å². The van der Waals surface area contributed by atoms with E-state index in [0.717, 1.165) is 70.0 Å². The van der Waals surface area contributed by atoms with Crippen molar-refractivity contribution >= 4 is 28.0 Å². The molecule has 4 aromatic heterocycles. The molecule has 5 heterocycles. The van der Waals surface area contributed by atoms with Crippen molar-refractivity contribution in [3.05, 3.63) is 53.7 Å². The van der Waals surface area contributed by atoms with Crippen LogP contribution in [0.1, 0.15) is 48.5 Å². The molecule has 2 unspecified atom stereocenters. The average molecular weight is 605 g/mol. The topological polar surface area (TPSA) is 87.3 Å². The summed E-state index contributed by atoms with van der Waals surface area (Å²) in [6, 6.07) is 12.2. The summed E-state index contributed by atoms with van der Waals surface area (Å²) in [6.45, 7) is 6.92. The predicted octanol–water partition coefficient (Wildman–Crippen LogP) is 6.51. The fourth-order valence-electron chi connectivity index (χ4n) is 7.92. The molecule has 3 aliphatic rings. The van der Waals surface area contributed by atoms with E-state index >= 15 is 0 Å². The Labute approximate surface area is 263 Å². The van der Waals surface area contributed by atoms with E-state index in [1.165, 1.54) is 25.7 Å². The second-order valence-corrected chi connectivity index (χ2v) is 13.5. The Balaban J connectivity index is 1.23. The highest BCUT2D eigenvalue weighted by atomic mass is 16.5. The maximum absolute atomic E-state index is 13.8. The SMILES string of the molecule is COc1nccc(-c2ccc3cc(-c4nc5cc(C(=O)N6CC7CC(C6)[C@@H](C)C7)cc(OC)c5n4C)n(CC4CC4)c3n2)c1C. The second-order valence-electron chi connectivity index (χ2n) is 13.5. The minimum Gasteiger partial charge on any atom is -0.494 e. The van der Waals surface area contributed by atoms with E-state index in [2.05, 4.69) is 44.1 Å². The number of hydrogen-bond donors (Lipinski definition) is 0. The molecular formula is C36H40N6O3. The average Bonchev–Trinajstić information content (AvgIpc) is 3.65. The summed E-state index contributed by atoms with van der Waals surface area (Å²) in [5.41, 5.74) is 7.10. The number of nitrogens with zero attached hydrogens (tertiary/aromatic N) is 6. The van der Waals surface area contributed by atoms with Gasteiger partial charge in [-0.1, -0.05) is 6.92 Å². The van der Waals surface area contributed by atoms with Crippen LogP contribution in [-0.2, 0) is 13.6 Å². The van der Waals surface area contributed by atoms with Gasteiger partial charge in [-0.3, -0.25) is 4.79 Å². The van der Waals surface area contributed by atoms with Crippen molar-refractivity contribution in [2.45, 2.75) is 46.1 Å². The van der Waals surface area contributed by atoms with Gasteiger partial charge in [-0.2, -0.15) is 0 Å². The molecule has 9 nitrogen and oxygen atoms in total. The molecule has 8 rings (SSSR count). The van der Waals surface area contributed by atoms with Gasteiger partial charge in [0.2, 0.25) is 5.88 Å². The third-order valence-electron chi connectivity index (χ3n) is 10.5. The summed E-state index contributed by atoms with van der Waals surface area (Å²) in [4.78, 5) is 30.6. The van der Waals surface area contributed by atoms with E-state index in [1.807, 2.05) is 32.2 Å². The fourth-order valence-corrected chi connectivity index (χ4v) is 7.92. The van der Waals surface area contributed by atoms with Crippen molar-refractivity contribution in [3.8, 4) is 34.4 Å². The third kappa shape index (κ3) is 4.66. The van der Waals surface area contributed by atoms with Crippen molar-refractivity contribution in [1.82, 2.24) is 29.0 Å². The number of aryl methyl sites for hydroxylation is 1. The van der Waals surface area contributed by atoms with Crippen LogP contribution < -0.4 is 9.47 Å². The molecule has 232 valence electrons. The molecule has 2 bridgehead atoms. The summed E-state index contributed by atoms with van der Waals surface area (Å²) in [5.74, 6) is 4.72. The lowest BCUT2D eigenvalue weighted by Crippen LogP contribution is -2.41. The molecule has 0 radical (unpaired) electrons. The summed E-state index contributed by atoms with van der Waals surface area (Å²) in [7, 11) is 5.35. The third-order valence-corrected chi connectivity index (χ3v) is 10.5. The number of rotatable bonds is 7. The number of likely N-dealkylation sites (tertiary alicyclic amines) is 1. The number of carbonyl (C=O) groups excluding carboxylic acids is 1. The number of hydrogen-bond acceptors (Lipinski definition) is 6. The van der Waals surface area contributed by atoms with Crippen LogP contribution >= 0.6 is 0 Å². The first kappa shape index (κ1) is 28.1. The minimum atomic E-state index is 0.0776. The Bertz CT molecular complexity index is 1970. The van der Waals surface area contributed by atoms with E-state index in [1.54, 1.807) is 20.4 Å². The van der Waals surface area contributed by atoms with Gasteiger partial charge < -0.3 is 23.5 Å². The first-order valence-corrected chi connectivity index (χ1v) is 16.2. The summed E-state index contributed by atoms with van der Waals surface area (Å²) in [6.07, 6.45) is 6.68. The highest BCUT2D eigenvalue weighted by Crippen LogP contribution is 2.42. The van der Waals surface area contributed by atoms with Crippen molar-refractivity contribution < 1.29 is 14.3 Å². The van der Waals surface area contributed by atoms with Gasteiger partial charge in [-0.25, -0.2) is 15.0 Å². The molecule has 3 atom stereocenters. The highest BCUT2D eigenvalue weighted by Gasteiger charge is 2.39. The van der Waals surface area contributed by atoms with Crippen LogP contribution in [0.2, 0.25) is 0 Å². The summed E-state index contributed by atoms with van der Waals surface area (Å²) in [5, 5.41) is 1.07. The Hall–Kier alpha value is -4.40. The molecule has 1 saturated heterocycles. The van der Waals surface area contributed by atoms with Crippen molar-refractivity contribution in [3.63, 3.8) is 0 Å². The number of ether oxygens (including phenoxy) is 2. The van der Waals surface area contributed by atoms with Gasteiger partial charge in [-0.15, -0.1) is 0 Å². The lowest BCUT2D eigenvalue weighted by molar-refractivity contribution is 0.0653. The van der Waals surface area contributed by atoms with E-state index in [4.69, 9.17) is 19.4 Å². The molecule has 45 heavy (non-hydrogen) atoms.